The molecule has 0 aromatic heterocycles. The molecule has 31 heavy (non-hydrogen) atoms. The fraction of sp³-hybridized carbons (Fsp3) is 0.450. The molecule has 0 aliphatic rings. The van der Waals surface area contributed by atoms with Gasteiger partial charge in [0.25, 0.3) is 0 Å². The summed E-state index contributed by atoms with van der Waals surface area (Å²) in [4.78, 5) is 59.3. The van der Waals surface area contributed by atoms with Crippen LogP contribution in [0.2, 0.25) is 0 Å². The molecule has 3 unspecified atom stereocenters. The van der Waals surface area contributed by atoms with E-state index < -0.39 is 60.7 Å². The van der Waals surface area contributed by atoms with Crippen LogP contribution < -0.4 is 27.4 Å². The summed E-state index contributed by atoms with van der Waals surface area (Å²) in [5.74, 6) is -4.45. The van der Waals surface area contributed by atoms with Crippen molar-refractivity contribution in [2.45, 2.75) is 44.8 Å². The quantitative estimate of drug-likeness (QED) is 0.224. The lowest BCUT2D eigenvalue weighted by atomic mass is 10.0. The molecule has 11 nitrogen and oxygen atoms in total. The zero-order valence-corrected chi connectivity index (χ0v) is 17.5. The van der Waals surface area contributed by atoms with E-state index in [9.17, 15) is 29.1 Å². The van der Waals surface area contributed by atoms with Crippen LogP contribution in [-0.4, -0.2) is 59.4 Å². The molecule has 0 aliphatic heterocycles. The molecule has 1 aromatic carbocycles. The van der Waals surface area contributed by atoms with Crippen molar-refractivity contribution in [3.8, 4) is 0 Å². The highest BCUT2D eigenvalue weighted by molar-refractivity contribution is 5.93. The van der Waals surface area contributed by atoms with Crippen LogP contribution in [0.3, 0.4) is 0 Å². The van der Waals surface area contributed by atoms with Gasteiger partial charge in [0.15, 0.2) is 0 Å². The van der Waals surface area contributed by atoms with E-state index in [1.54, 1.807) is 44.2 Å². The molecule has 0 heterocycles. The van der Waals surface area contributed by atoms with Crippen LogP contribution in [0.15, 0.2) is 30.3 Å². The van der Waals surface area contributed by atoms with Gasteiger partial charge in [0, 0.05) is 6.42 Å². The number of primary amides is 1. The molecule has 3 atom stereocenters. The average molecular weight is 435 g/mol. The molecule has 0 spiro atoms. The number of carbonyl (C=O) groups is 5. The van der Waals surface area contributed by atoms with Crippen molar-refractivity contribution < 1.29 is 29.1 Å². The maximum absolute atomic E-state index is 12.7. The number of amides is 4. The Balaban J connectivity index is 2.87. The molecule has 8 N–H and O–H groups in total. The minimum absolute atomic E-state index is 0.0563. The molecule has 0 aliphatic carbocycles. The summed E-state index contributed by atoms with van der Waals surface area (Å²) in [7, 11) is 0. The first kappa shape index (κ1) is 25.6. The number of carboxylic acid groups (broad SMARTS) is 1. The van der Waals surface area contributed by atoms with E-state index in [4.69, 9.17) is 11.5 Å². The summed E-state index contributed by atoms with van der Waals surface area (Å²) in [6.07, 6.45) is -0.545. The van der Waals surface area contributed by atoms with Gasteiger partial charge >= 0.3 is 5.97 Å². The SMILES string of the molecule is CC(C)C(N)C(=O)NCC(=O)NC(Cc1ccccc1)C(=O)NC(CC(N)=O)C(=O)O. The van der Waals surface area contributed by atoms with Gasteiger partial charge in [-0.15, -0.1) is 0 Å². The summed E-state index contributed by atoms with van der Waals surface area (Å²) in [6.45, 7) is 3.10. The Hall–Kier alpha value is -3.47. The number of carboxylic acids is 1. The third kappa shape index (κ3) is 9.26. The first-order valence-corrected chi connectivity index (χ1v) is 9.69. The zero-order valence-electron chi connectivity index (χ0n) is 17.5. The maximum Gasteiger partial charge on any atom is 0.326 e. The zero-order chi connectivity index (χ0) is 23.6. The van der Waals surface area contributed by atoms with Gasteiger partial charge < -0.3 is 32.5 Å². The van der Waals surface area contributed by atoms with Crippen LogP contribution in [0.25, 0.3) is 0 Å². The van der Waals surface area contributed by atoms with Crippen LogP contribution in [-0.2, 0) is 30.4 Å². The highest BCUT2D eigenvalue weighted by atomic mass is 16.4. The number of hydrogen-bond donors (Lipinski definition) is 6. The molecule has 0 fully saturated rings. The first-order valence-electron chi connectivity index (χ1n) is 9.69. The third-order valence-corrected chi connectivity index (χ3v) is 4.40. The van der Waals surface area contributed by atoms with Crippen LogP contribution >= 0.6 is 0 Å². The molecule has 11 heteroatoms. The Morgan fingerprint density at radius 2 is 1.58 bits per heavy atom. The van der Waals surface area contributed by atoms with Crippen LogP contribution in [0.4, 0.5) is 0 Å². The topological polar surface area (TPSA) is 194 Å². The van der Waals surface area contributed by atoms with Gasteiger partial charge in [-0.25, -0.2) is 4.79 Å². The Morgan fingerprint density at radius 1 is 0.968 bits per heavy atom. The Kier molecular flexibility index (Phi) is 10.1. The standard InChI is InChI=1S/C20H29N5O6/c1-11(2)17(22)19(29)23-10-16(27)24-13(8-12-6-4-3-5-7-12)18(28)25-14(20(30)31)9-15(21)26/h3-7,11,13-14,17H,8-10,22H2,1-2H3,(H2,21,26)(H,23,29)(H,24,27)(H,25,28)(H,30,31). The fourth-order valence-electron chi connectivity index (χ4n) is 2.57. The average Bonchev–Trinajstić information content (AvgIpc) is 2.70. The smallest absolute Gasteiger partial charge is 0.326 e. The number of rotatable bonds is 12. The highest BCUT2D eigenvalue weighted by Gasteiger charge is 2.28. The number of aliphatic carboxylic acids is 1. The van der Waals surface area contributed by atoms with Gasteiger partial charge in [-0.2, -0.15) is 0 Å². The number of carbonyl (C=O) groups excluding carboxylic acids is 4. The molecule has 0 saturated heterocycles. The van der Waals surface area contributed by atoms with E-state index in [0.717, 1.165) is 0 Å². The summed E-state index contributed by atoms with van der Waals surface area (Å²) in [6, 6.07) is 5.24. The molecular weight excluding hydrogens is 406 g/mol. The van der Waals surface area contributed by atoms with Gasteiger partial charge in [0.1, 0.15) is 12.1 Å². The van der Waals surface area contributed by atoms with E-state index in [1.165, 1.54) is 0 Å². The Bertz CT molecular complexity index is 799. The first-order chi connectivity index (χ1) is 14.5. The highest BCUT2D eigenvalue weighted by Crippen LogP contribution is 2.05. The van der Waals surface area contributed by atoms with Crippen LogP contribution in [0.1, 0.15) is 25.8 Å². The van der Waals surface area contributed by atoms with Crippen molar-refractivity contribution in [1.82, 2.24) is 16.0 Å². The second-order valence-electron chi connectivity index (χ2n) is 7.37. The van der Waals surface area contributed by atoms with Crippen molar-refractivity contribution in [2.75, 3.05) is 6.54 Å². The second kappa shape index (κ2) is 12.3. The molecule has 1 rings (SSSR count). The number of nitrogens with one attached hydrogen (secondary N) is 3. The van der Waals surface area contributed by atoms with Crippen molar-refractivity contribution in [3.63, 3.8) is 0 Å². The maximum atomic E-state index is 12.7. The molecule has 0 bridgehead atoms. The third-order valence-electron chi connectivity index (χ3n) is 4.40. The van der Waals surface area contributed by atoms with Crippen molar-refractivity contribution in [1.29, 1.82) is 0 Å². The van der Waals surface area contributed by atoms with Crippen molar-refractivity contribution in [3.05, 3.63) is 35.9 Å². The lowest BCUT2D eigenvalue weighted by molar-refractivity contribution is -0.143. The number of nitrogens with two attached hydrogens (primary N) is 2. The summed E-state index contributed by atoms with van der Waals surface area (Å²) >= 11 is 0. The van der Waals surface area contributed by atoms with Gasteiger partial charge in [-0.1, -0.05) is 44.2 Å². The number of benzene rings is 1. The largest absolute Gasteiger partial charge is 0.480 e. The van der Waals surface area contributed by atoms with E-state index in [0.29, 0.717) is 5.56 Å². The Morgan fingerprint density at radius 3 is 2.10 bits per heavy atom. The lowest BCUT2D eigenvalue weighted by Crippen LogP contribution is -2.55. The second-order valence-corrected chi connectivity index (χ2v) is 7.37. The predicted molar refractivity (Wildman–Crippen MR) is 111 cm³/mol. The summed E-state index contributed by atoms with van der Waals surface area (Å²) in [5.41, 5.74) is 11.5. The minimum Gasteiger partial charge on any atom is -0.480 e. The number of hydrogen-bond acceptors (Lipinski definition) is 6. The molecular formula is C20H29N5O6. The van der Waals surface area contributed by atoms with Crippen LogP contribution in [0.5, 0.6) is 0 Å². The molecule has 0 saturated carbocycles. The molecule has 170 valence electrons. The van der Waals surface area contributed by atoms with E-state index >= 15 is 0 Å². The molecule has 4 amide bonds. The van der Waals surface area contributed by atoms with E-state index in [-0.39, 0.29) is 12.3 Å². The van der Waals surface area contributed by atoms with Gasteiger partial charge in [0.05, 0.1) is 19.0 Å². The molecule has 0 radical (unpaired) electrons. The van der Waals surface area contributed by atoms with Crippen LogP contribution in [0, 0.1) is 5.92 Å². The molecule has 1 aromatic rings. The van der Waals surface area contributed by atoms with Gasteiger partial charge in [-0.3, -0.25) is 19.2 Å². The lowest BCUT2D eigenvalue weighted by Gasteiger charge is -2.22. The fourth-order valence-corrected chi connectivity index (χ4v) is 2.57. The summed E-state index contributed by atoms with van der Waals surface area (Å²) in [5, 5.41) is 16.3. The van der Waals surface area contributed by atoms with E-state index in [2.05, 4.69) is 16.0 Å². The van der Waals surface area contributed by atoms with Gasteiger partial charge in [0.2, 0.25) is 23.6 Å². The Labute approximate surface area is 179 Å². The summed E-state index contributed by atoms with van der Waals surface area (Å²) < 4.78 is 0. The normalized spacial score (nSPS) is 13.5. The van der Waals surface area contributed by atoms with Crippen molar-refractivity contribution >= 4 is 29.6 Å². The predicted octanol–water partition coefficient (Wildman–Crippen LogP) is -1.74. The monoisotopic (exact) mass is 435 g/mol. The van der Waals surface area contributed by atoms with E-state index in [1.807, 2.05) is 0 Å². The van der Waals surface area contributed by atoms with Gasteiger partial charge in [-0.05, 0) is 11.5 Å². The van der Waals surface area contributed by atoms with Crippen molar-refractivity contribution in [2.24, 2.45) is 17.4 Å². The minimum atomic E-state index is -1.54.